The van der Waals surface area contributed by atoms with E-state index in [1.165, 1.54) is 5.57 Å². The van der Waals surface area contributed by atoms with E-state index in [1.807, 2.05) is 18.2 Å². The van der Waals surface area contributed by atoms with Crippen molar-refractivity contribution in [2.75, 3.05) is 6.16 Å². The fourth-order valence-corrected chi connectivity index (χ4v) is 8.44. The first-order valence-corrected chi connectivity index (χ1v) is 8.80. The first-order valence-electron chi connectivity index (χ1n) is 6.84. The molecule has 18 heavy (non-hydrogen) atoms. The summed E-state index contributed by atoms with van der Waals surface area (Å²) in [6.07, 6.45) is 1.99. The lowest BCUT2D eigenvalue weighted by atomic mass is 9.88. The van der Waals surface area contributed by atoms with Crippen molar-refractivity contribution in [2.24, 2.45) is 17.8 Å². The molecule has 0 spiro atoms. The van der Waals surface area contributed by atoms with E-state index in [-0.39, 0.29) is 0 Å². The molecule has 1 aromatic carbocycles. The van der Waals surface area contributed by atoms with Crippen molar-refractivity contribution in [3.63, 3.8) is 0 Å². The van der Waals surface area contributed by atoms with Gasteiger partial charge in [-0.15, -0.1) is 0 Å². The molecule has 1 aliphatic heterocycles. The van der Waals surface area contributed by atoms with Crippen molar-refractivity contribution < 1.29 is 4.57 Å². The van der Waals surface area contributed by atoms with Gasteiger partial charge in [0.15, 0.2) is 0 Å². The number of allylic oxidation sites excluding steroid dienone is 1. The maximum Gasteiger partial charge on any atom is 0.119 e. The summed E-state index contributed by atoms with van der Waals surface area (Å²) in [5, 5.41) is 1.10. The maximum atomic E-state index is 13.4. The molecule has 0 amide bonds. The minimum absolute atomic E-state index is 0.395. The average molecular weight is 260 g/mol. The third kappa shape index (κ3) is 1.57. The first kappa shape index (κ1) is 12.2. The predicted molar refractivity (Wildman–Crippen MR) is 77.9 cm³/mol. The summed E-state index contributed by atoms with van der Waals surface area (Å²) in [5.41, 5.74) is 1.68. The van der Waals surface area contributed by atoms with Crippen LogP contribution in [-0.2, 0) is 4.57 Å². The number of hydrogen-bond acceptors (Lipinski definition) is 1. The smallest absolute Gasteiger partial charge is 0.119 e. The highest BCUT2D eigenvalue weighted by Crippen LogP contribution is 2.69. The van der Waals surface area contributed by atoms with Gasteiger partial charge in [-0.25, -0.2) is 0 Å². The summed E-state index contributed by atoms with van der Waals surface area (Å²) >= 11 is 0. The number of fused-ring (bicyclic) bond motifs is 2. The van der Waals surface area contributed by atoms with Crippen molar-refractivity contribution in [2.45, 2.75) is 25.9 Å². The molecule has 5 atom stereocenters. The minimum atomic E-state index is -2.16. The maximum absolute atomic E-state index is 13.4. The predicted octanol–water partition coefficient (Wildman–Crippen LogP) is 3.91. The Bertz CT molecular complexity index is 519. The second kappa shape index (κ2) is 4.10. The molecular formula is C16H21OP. The van der Waals surface area contributed by atoms with E-state index in [2.05, 4.69) is 32.6 Å². The Hall–Kier alpha value is -0.810. The number of rotatable bonds is 2. The molecule has 3 rings (SSSR count). The van der Waals surface area contributed by atoms with Crippen molar-refractivity contribution >= 4 is 12.4 Å². The van der Waals surface area contributed by atoms with Gasteiger partial charge in [-0.05, 0) is 31.1 Å². The zero-order valence-electron chi connectivity index (χ0n) is 11.2. The lowest BCUT2D eigenvalue weighted by molar-refractivity contribution is 0.413. The summed E-state index contributed by atoms with van der Waals surface area (Å²) in [7, 11) is -2.16. The van der Waals surface area contributed by atoms with Crippen LogP contribution in [0.1, 0.15) is 20.3 Å². The summed E-state index contributed by atoms with van der Waals surface area (Å²) in [5.74, 6) is 1.80. The molecular weight excluding hydrogens is 239 g/mol. The molecule has 1 nitrogen and oxygen atoms in total. The lowest BCUT2D eigenvalue weighted by Gasteiger charge is -2.29. The van der Waals surface area contributed by atoms with Crippen LogP contribution in [0.4, 0.5) is 0 Å². The SMILES string of the molecule is C=C(C)[C@@H]1CC2C(C)[C@@H]1CP2(=O)c1ccccc1. The molecule has 96 valence electrons. The third-order valence-electron chi connectivity index (χ3n) is 5.14. The van der Waals surface area contributed by atoms with Gasteiger partial charge < -0.3 is 4.57 Å². The molecule has 2 aliphatic rings. The molecule has 0 aromatic heterocycles. The molecule has 2 heteroatoms. The van der Waals surface area contributed by atoms with Gasteiger partial charge in [-0.3, -0.25) is 0 Å². The van der Waals surface area contributed by atoms with Crippen molar-refractivity contribution in [1.82, 2.24) is 0 Å². The quantitative estimate of drug-likeness (QED) is 0.582. The van der Waals surface area contributed by atoms with Crippen molar-refractivity contribution in [1.29, 1.82) is 0 Å². The fourth-order valence-electron chi connectivity index (χ4n) is 4.14. The zero-order valence-corrected chi connectivity index (χ0v) is 12.1. The first-order chi connectivity index (χ1) is 8.54. The largest absolute Gasteiger partial charge is 0.318 e. The molecule has 1 saturated heterocycles. The second-order valence-corrected chi connectivity index (χ2v) is 9.23. The highest BCUT2D eigenvalue weighted by molar-refractivity contribution is 7.72. The summed E-state index contributed by atoms with van der Waals surface area (Å²) in [4.78, 5) is 0. The van der Waals surface area contributed by atoms with Crippen LogP contribution in [0, 0.1) is 17.8 Å². The van der Waals surface area contributed by atoms with Crippen LogP contribution in [0.2, 0.25) is 0 Å². The Morgan fingerprint density at radius 1 is 1.33 bits per heavy atom. The monoisotopic (exact) mass is 260 g/mol. The minimum Gasteiger partial charge on any atom is -0.318 e. The van der Waals surface area contributed by atoms with Crippen LogP contribution in [0.25, 0.3) is 0 Å². The molecule has 2 fully saturated rings. The van der Waals surface area contributed by atoms with E-state index in [1.54, 1.807) is 0 Å². The summed E-state index contributed by atoms with van der Waals surface area (Å²) in [6.45, 7) is 8.54. The summed E-state index contributed by atoms with van der Waals surface area (Å²) in [6, 6.07) is 10.2. The molecule has 2 bridgehead atoms. The van der Waals surface area contributed by atoms with Gasteiger partial charge in [0, 0.05) is 17.1 Å². The number of benzene rings is 1. The molecule has 1 heterocycles. The van der Waals surface area contributed by atoms with Crippen LogP contribution in [0.3, 0.4) is 0 Å². The van der Waals surface area contributed by atoms with Gasteiger partial charge in [-0.2, -0.15) is 0 Å². The Kier molecular flexibility index (Phi) is 2.79. The van der Waals surface area contributed by atoms with Gasteiger partial charge in [-0.1, -0.05) is 49.4 Å². The number of hydrogen-bond donors (Lipinski definition) is 0. The third-order valence-corrected chi connectivity index (χ3v) is 9.03. The van der Waals surface area contributed by atoms with Gasteiger partial charge in [0.1, 0.15) is 7.14 Å². The fraction of sp³-hybridized carbons (Fsp3) is 0.500. The van der Waals surface area contributed by atoms with Gasteiger partial charge in [0.25, 0.3) is 0 Å². The lowest BCUT2D eigenvalue weighted by Crippen LogP contribution is -2.22. The molecule has 0 N–H and O–H groups in total. The van der Waals surface area contributed by atoms with Crippen LogP contribution < -0.4 is 5.30 Å². The molecule has 0 radical (unpaired) electrons. The highest BCUT2D eigenvalue weighted by atomic mass is 31.2. The van der Waals surface area contributed by atoms with Crippen LogP contribution >= 0.6 is 7.14 Å². The Labute approximate surface area is 110 Å². The topological polar surface area (TPSA) is 17.1 Å². The average Bonchev–Trinajstić information content (AvgIpc) is 2.81. The van der Waals surface area contributed by atoms with E-state index in [0.29, 0.717) is 23.4 Å². The summed E-state index contributed by atoms with van der Waals surface area (Å²) < 4.78 is 13.4. The van der Waals surface area contributed by atoms with Crippen LogP contribution in [0.5, 0.6) is 0 Å². The normalized spacial score (nSPS) is 42.1. The molecule has 3 unspecified atom stereocenters. The van der Waals surface area contributed by atoms with E-state index >= 15 is 0 Å². The van der Waals surface area contributed by atoms with E-state index in [0.717, 1.165) is 17.9 Å². The van der Waals surface area contributed by atoms with Crippen molar-refractivity contribution in [3.8, 4) is 0 Å². The molecule has 1 aliphatic carbocycles. The second-order valence-electron chi connectivity index (χ2n) is 6.09. The van der Waals surface area contributed by atoms with Crippen LogP contribution in [-0.4, -0.2) is 11.8 Å². The standard InChI is InChI=1S/C16H21OP/c1-11(2)14-9-16-12(3)15(14)10-18(16,17)13-7-5-4-6-8-13/h4-8,12,14-16H,1,9-10H2,2-3H3/t12?,14-,15-,16?,18?/m0/s1. The van der Waals surface area contributed by atoms with Gasteiger partial charge in [0.2, 0.25) is 0 Å². The Morgan fingerprint density at radius 3 is 2.50 bits per heavy atom. The Morgan fingerprint density at radius 2 is 2.00 bits per heavy atom. The van der Waals surface area contributed by atoms with E-state index in [4.69, 9.17) is 0 Å². The highest BCUT2D eigenvalue weighted by Gasteiger charge is 2.57. The Balaban J connectivity index is 1.97. The van der Waals surface area contributed by atoms with Gasteiger partial charge >= 0.3 is 0 Å². The van der Waals surface area contributed by atoms with E-state index < -0.39 is 7.14 Å². The van der Waals surface area contributed by atoms with Crippen LogP contribution in [0.15, 0.2) is 42.5 Å². The zero-order chi connectivity index (χ0) is 12.9. The molecule has 1 aromatic rings. The molecule has 1 saturated carbocycles. The van der Waals surface area contributed by atoms with E-state index in [9.17, 15) is 4.57 Å². The van der Waals surface area contributed by atoms with Crippen molar-refractivity contribution in [3.05, 3.63) is 42.5 Å². The van der Waals surface area contributed by atoms with Gasteiger partial charge in [0.05, 0.1) is 0 Å².